The molecule has 2 heterocycles. The molecule has 0 bridgehead atoms. The van der Waals surface area contributed by atoms with Crippen LogP contribution in [0, 0.1) is 16.7 Å². The van der Waals surface area contributed by atoms with Crippen LogP contribution in [0.15, 0.2) is 0 Å². The lowest BCUT2D eigenvalue weighted by Gasteiger charge is -2.36. The number of amides is 2. The standard InChI is InChI=1S/C23H37N3O5/c1-22(2,3)19(26-16(27)10-14-8-6-5-7-9-14)18(29)20-23(12-17(28)24-13-23)11-15(25-20)21(30)31-4/h14-15,19-20,25H,5-13H2,1-4H3,(H,24,28)(H,26,27)/t15?,19?,20-,23?/m1/s1. The lowest BCUT2D eigenvalue weighted by Crippen LogP contribution is -2.58. The molecule has 2 aliphatic heterocycles. The summed E-state index contributed by atoms with van der Waals surface area (Å²) in [7, 11) is 1.31. The van der Waals surface area contributed by atoms with Gasteiger partial charge in [0, 0.05) is 24.8 Å². The maximum Gasteiger partial charge on any atom is 0.322 e. The van der Waals surface area contributed by atoms with Gasteiger partial charge >= 0.3 is 5.97 Å². The van der Waals surface area contributed by atoms with Gasteiger partial charge in [0.15, 0.2) is 5.78 Å². The fourth-order valence-electron chi connectivity index (χ4n) is 5.46. The molecule has 31 heavy (non-hydrogen) atoms. The van der Waals surface area contributed by atoms with E-state index in [0.717, 1.165) is 25.7 Å². The van der Waals surface area contributed by atoms with Gasteiger partial charge in [-0.3, -0.25) is 24.5 Å². The molecule has 0 aromatic rings. The fraction of sp³-hybridized carbons (Fsp3) is 0.826. The number of esters is 1. The van der Waals surface area contributed by atoms with Crippen LogP contribution in [0.1, 0.15) is 72.1 Å². The number of methoxy groups -OCH3 is 1. The Hall–Kier alpha value is -1.96. The van der Waals surface area contributed by atoms with Crippen LogP contribution >= 0.6 is 0 Å². The van der Waals surface area contributed by atoms with E-state index in [4.69, 9.17) is 4.74 Å². The number of carbonyl (C=O) groups excluding carboxylic acids is 4. The van der Waals surface area contributed by atoms with Crippen molar-refractivity contribution in [1.29, 1.82) is 0 Å². The Kier molecular flexibility index (Phi) is 7.08. The van der Waals surface area contributed by atoms with E-state index >= 15 is 0 Å². The summed E-state index contributed by atoms with van der Waals surface area (Å²) in [6, 6.07) is -2.08. The zero-order valence-electron chi connectivity index (χ0n) is 19.2. The molecule has 3 unspecified atom stereocenters. The summed E-state index contributed by atoms with van der Waals surface area (Å²) in [4.78, 5) is 50.9. The molecule has 8 nitrogen and oxygen atoms in total. The normalized spacial score (nSPS) is 30.1. The lowest BCUT2D eigenvalue weighted by molar-refractivity contribution is -0.143. The van der Waals surface area contributed by atoms with Crippen LogP contribution < -0.4 is 16.0 Å². The first kappa shape index (κ1) is 23.7. The van der Waals surface area contributed by atoms with Gasteiger partial charge in [0.05, 0.1) is 19.2 Å². The Morgan fingerprint density at radius 3 is 2.42 bits per heavy atom. The summed E-state index contributed by atoms with van der Waals surface area (Å²) in [6.45, 7) is 6.10. The van der Waals surface area contributed by atoms with Gasteiger partial charge < -0.3 is 15.4 Å². The fourth-order valence-corrected chi connectivity index (χ4v) is 5.46. The Bertz CT molecular complexity index is 725. The molecule has 4 atom stereocenters. The van der Waals surface area contributed by atoms with Crippen molar-refractivity contribution >= 4 is 23.6 Å². The highest BCUT2D eigenvalue weighted by Gasteiger charge is 2.57. The van der Waals surface area contributed by atoms with Gasteiger partial charge in [0.25, 0.3) is 0 Å². The van der Waals surface area contributed by atoms with Crippen molar-refractivity contribution in [3.63, 3.8) is 0 Å². The smallest absolute Gasteiger partial charge is 0.322 e. The van der Waals surface area contributed by atoms with Crippen molar-refractivity contribution in [1.82, 2.24) is 16.0 Å². The highest BCUT2D eigenvalue weighted by atomic mass is 16.5. The van der Waals surface area contributed by atoms with E-state index in [-0.39, 0.29) is 24.0 Å². The molecule has 3 rings (SSSR count). The quantitative estimate of drug-likeness (QED) is 0.545. The van der Waals surface area contributed by atoms with Gasteiger partial charge in [-0.15, -0.1) is 0 Å². The maximum absolute atomic E-state index is 13.8. The summed E-state index contributed by atoms with van der Waals surface area (Å²) >= 11 is 0. The van der Waals surface area contributed by atoms with Crippen molar-refractivity contribution in [2.24, 2.45) is 16.7 Å². The van der Waals surface area contributed by atoms with Crippen molar-refractivity contribution in [3.05, 3.63) is 0 Å². The van der Waals surface area contributed by atoms with E-state index in [1.54, 1.807) is 0 Å². The molecule has 2 amide bonds. The Morgan fingerprint density at radius 1 is 1.19 bits per heavy atom. The van der Waals surface area contributed by atoms with Crippen molar-refractivity contribution in [3.8, 4) is 0 Å². The third-order valence-electron chi connectivity index (χ3n) is 7.17. The molecule has 1 spiro atoms. The van der Waals surface area contributed by atoms with Gasteiger partial charge in [-0.1, -0.05) is 40.0 Å². The first-order chi connectivity index (χ1) is 14.6. The third kappa shape index (κ3) is 5.27. The second kappa shape index (κ2) is 9.27. The van der Waals surface area contributed by atoms with Crippen LogP contribution in [0.2, 0.25) is 0 Å². The molecule has 1 saturated carbocycles. The number of nitrogens with one attached hydrogen (secondary N) is 3. The molecule has 2 saturated heterocycles. The van der Waals surface area contributed by atoms with Crippen LogP contribution in [0.25, 0.3) is 0 Å². The highest BCUT2D eigenvalue weighted by Crippen LogP contribution is 2.42. The molecular formula is C23H37N3O5. The Balaban J connectivity index is 1.78. The van der Waals surface area contributed by atoms with Crippen LogP contribution in [0.3, 0.4) is 0 Å². The van der Waals surface area contributed by atoms with E-state index in [9.17, 15) is 19.2 Å². The second-order valence-electron chi connectivity index (χ2n) is 10.7. The van der Waals surface area contributed by atoms with E-state index in [0.29, 0.717) is 25.3 Å². The van der Waals surface area contributed by atoms with Crippen LogP contribution in [-0.2, 0) is 23.9 Å². The predicted molar refractivity (Wildman–Crippen MR) is 115 cm³/mol. The molecule has 3 N–H and O–H groups in total. The summed E-state index contributed by atoms with van der Waals surface area (Å²) < 4.78 is 4.88. The lowest BCUT2D eigenvalue weighted by atomic mass is 9.72. The Morgan fingerprint density at radius 2 is 1.87 bits per heavy atom. The topological polar surface area (TPSA) is 114 Å². The number of carbonyl (C=O) groups is 4. The van der Waals surface area contributed by atoms with E-state index in [1.165, 1.54) is 13.5 Å². The zero-order valence-corrected chi connectivity index (χ0v) is 19.2. The third-order valence-corrected chi connectivity index (χ3v) is 7.17. The van der Waals surface area contributed by atoms with E-state index < -0.39 is 34.9 Å². The molecule has 0 radical (unpaired) electrons. The molecular weight excluding hydrogens is 398 g/mol. The summed E-state index contributed by atoms with van der Waals surface area (Å²) in [5, 5.41) is 8.96. The number of hydrogen-bond donors (Lipinski definition) is 3. The largest absolute Gasteiger partial charge is 0.468 e. The minimum absolute atomic E-state index is 0.0997. The van der Waals surface area contributed by atoms with Gasteiger partial charge in [-0.25, -0.2) is 0 Å². The number of hydrogen-bond acceptors (Lipinski definition) is 6. The van der Waals surface area contributed by atoms with Crippen LogP contribution in [0.4, 0.5) is 0 Å². The summed E-state index contributed by atoms with van der Waals surface area (Å²) in [5.74, 6) is -0.466. The summed E-state index contributed by atoms with van der Waals surface area (Å²) in [6.07, 6.45) is 6.62. The minimum atomic E-state index is -0.718. The van der Waals surface area contributed by atoms with Gasteiger partial charge in [0.1, 0.15) is 6.04 Å². The van der Waals surface area contributed by atoms with Crippen LogP contribution in [-0.4, -0.2) is 55.3 Å². The first-order valence-electron chi connectivity index (χ1n) is 11.5. The zero-order chi connectivity index (χ0) is 22.8. The van der Waals surface area contributed by atoms with Gasteiger partial charge in [-0.05, 0) is 30.6 Å². The highest BCUT2D eigenvalue weighted by molar-refractivity contribution is 5.96. The van der Waals surface area contributed by atoms with E-state index in [2.05, 4.69) is 16.0 Å². The predicted octanol–water partition coefficient (Wildman–Crippen LogP) is 1.47. The number of ketones is 1. The van der Waals surface area contributed by atoms with Crippen molar-refractivity contribution in [2.45, 2.75) is 90.3 Å². The van der Waals surface area contributed by atoms with Crippen LogP contribution in [0.5, 0.6) is 0 Å². The first-order valence-corrected chi connectivity index (χ1v) is 11.5. The summed E-state index contributed by atoms with van der Waals surface area (Å²) in [5.41, 5.74) is -1.20. The second-order valence-corrected chi connectivity index (χ2v) is 10.7. The molecule has 3 aliphatic rings. The average molecular weight is 436 g/mol. The number of Topliss-reactive ketones (excluding diaryl/α,β-unsaturated/α-hetero) is 1. The number of rotatable bonds is 6. The molecule has 174 valence electrons. The van der Waals surface area contributed by atoms with E-state index in [1.807, 2.05) is 20.8 Å². The average Bonchev–Trinajstić information content (AvgIpc) is 3.27. The SMILES string of the molecule is COC(=O)C1CC2(CNC(=O)C2)[C@@H](C(=O)C(NC(=O)CC2CCCCC2)C(C)(C)C)N1. The van der Waals surface area contributed by atoms with Gasteiger partial charge in [-0.2, -0.15) is 0 Å². The van der Waals surface area contributed by atoms with Crippen molar-refractivity contribution < 1.29 is 23.9 Å². The monoisotopic (exact) mass is 435 g/mol. The molecule has 0 aromatic carbocycles. The molecule has 8 heteroatoms. The van der Waals surface area contributed by atoms with Gasteiger partial charge in [0.2, 0.25) is 11.8 Å². The maximum atomic E-state index is 13.8. The molecule has 3 fully saturated rings. The Labute approximate surface area is 184 Å². The minimum Gasteiger partial charge on any atom is -0.468 e. The molecule has 1 aliphatic carbocycles. The molecule has 0 aromatic heterocycles. The van der Waals surface area contributed by atoms with Crippen molar-refractivity contribution in [2.75, 3.05) is 13.7 Å². The number of ether oxygens (including phenoxy) is 1.